The van der Waals surface area contributed by atoms with E-state index in [1.807, 2.05) is 32.9 Å². The van der Waals surface area contributed by atoms with Crippen LogP contribution in [0.4, 0.5) is 0 Å². The van der Waals surface area contributed by atoms with E-state index in [2.05, 4.69) is 4.98 Å². The van der Waals surface area contributed by atoms with Gasteiger partial charge in [0.2, 0.25) is 0 Å². The number of carbonyl (C=O) groups excluding carboxylic acids is 1. The Balaban J connectivity index is 2.50. The Hall–Kier alpha value is -1.22. The average molecular weight is 219 g/mol. The fourth-order valence-corrected chi connectivity index (χ4v) is 2.55. The lowest BCUT2D eigenvalue weighted by Crippen LogP contribution is -2.18. The molecule has 0 aliphatic heterocycles. The zero-order valence-corrected chi connectivity index (χ0v) is 9.89. The second-order valence-corrected chi connectivity index (χ2v) is 5.69. The summed E-state index contributed by atoms with van der Waals surface area (Å²) in [5, 5.41) is 1.05. The van der Waals surface area contributed by atoms with Crippen LogP contribution in [0.1, 0.15) is 30.4 Å². The Bertz CT molecular complexity index is 475. The van der Waals surface area contributed by atoms with Crippen molar-refractivity contribution in [2.75, 3.05) is 0 Å². The molecule has 0 amide bonds. The molecule has 0 aliphatic rings. The third-order valence-corrected chi connectivity index (χ3v) is 3.34. The van der Waals surface area contributed by atoms with Crippen LogP contribution in [-0.4, -0.2) is 10.8 Å². The standard InChI is InChI=1S/C12H13NOS/c1-12(2,3)11(14)10-6-8-7-13-5-4-9(8)15-10/h4-7H,1-3H3. The molecule has 0 aliphatic carbocycles. The molecule has 0 radical (unpaired) electrons. The van der Waals surface area contributed by atoms with Gasteiger partial charge in [-0.3, -0.25) is 9.78 Å². The zero-order valence-electron chi connectivity index (χ0n) is 9.07. The normalized spacial score (nSPS) is 11.9. The second kappa shape index (κ2) is 3.42. The van der Waals surface area contributed by atoms with Gasteiger partial charge in [-0.15, -0.1) is 11.3 Å². The van der Waals surface area contributed by atoms with Gasteiger partial charge in [-0.1, -0.05) is 20.8 Å². The van der Waals surface area contributed by atoms with Gasteiger partial charge < -0.3 is 0 Å². The molecule has 2 rings (SSSR count). The highest BCUT2D eigenvalue weighted by molar-refractivity contribution is 7.20. The number of aromatic nitrogens is 1. The molecule has 0 atom stereocenters. The summed E-state index contributed by atoms with van der Waals surface area (Å²) in [6.45, 7) is 5.83. The lowest BCUT2D eigenvalue weighted by atomic mass is 9.90. The number of thiophene rings is 1. The van der Waals surface area contributed by atoms with E-state index >= 15 is 0 Å². The maximum absolute atomic E-state index is 12.0. The Morgan fingerprint density at radius 3 is 2.73 bits per heavy atom. The van der Waals surface area contributed by atoms with Crippen LogP contribution in [0.3, 0.4) is 0 Å². The fraction of sp³-hybridized carbons (Fsp3) is 0.333. The second-order valence-electron chi connectivity index (χ2n) is 4.60. The van der Waals surface area contributed by atoms with Crippen molar-refractivity contribution in [3.8, 4) is 0 Å². The van der Waals surface area contributed by atoms with Gasteiger partial charge in [0.15, 0.2) is 5.78 Å². The predicted octanol–water partition coefficient (Wildman–Crippen LogP) is 3.53. The van der Waals surface area contributed by atoms with Crippen LogP contribution in [0.15, 0.2) is 24.5 Å². The Labute approximate surface area is 93.0 Å². The molecule has 3 heteroatoms. The van der Waals surface area contributed by atoms with E-state index in [4.69, 9.17) is 0 Å². The molecule has 0 saturated heterocycles. The zero-order chi connectivity index (χ0) is 11.1. The number of pyridine rings is 1. The van der Waals surface area contributed by atoms with Gasteiger partial charge in [-0.2, -0.15) is 0 Å². The van der Waals surface area contributed by atoms with E-state index in [9.17, 15) is 4.79 Å². The van der Waals surface area contributed by atoms with Crippen LogP contribution in [0.5, 0.6) is 0 Å². The molecule has 0 unspecified atom stereocenters. The van der Waals surface area contributed by atoms with E-state index in [0.29, 0.717) is 0 Å². The molecule has 2 aromatic rings. The van der Waals surface area contributed by atoms with E-state index < -0.39 is 0 Å². The smallest absolute Gasteiger partial charge is 0.178 e. The van der Waals surface area contributed by atoms with Gasteiger partial charge in [-0.05, 0) is 12.1 Å². The van der Waals surface area contributed by atoms with E-state index in [-0.39, 0.29) is 11.2 Å². The van der Waals surface area contributed by atoms with Gasteiger partial charge in [-0.25, -0.2) is 0 Å². The molecule has 2 heterocycles. The minimum absolute atomic E-state index is 0.198. The van der Waals surface area contributed by atoms with Gasteiger partial charge in [0.05, 0.1) is 4.88 Å². The van der Waals surface area contributed by atoms with E-state index in [1.165, 1.54) is 0 Å². The number of hydrogen-bond acceptors (Lipinski definition) is 3. The van der Waals surface area contributed by atoms with Crippen molar-refractivity contribution in [3.63, 3.8) is 0 Å². The Morgan fingerprint density at radius 1 is 1.40 bits per heavy atom. The third kappa shape index (κ3) is 1.92. The molecular weight excluding hydrogens is 206 g/mol. The minimum Gasteiger partial charge on any atom is -0.293 e. The van der Waals surface area contributed by atoms with Crippen molar-refractivity contribution in [3.05, 3.63) is 29.4 Å². The summed E-state index contributed by atoms with van der Waals surface area (Å²) in [7, 11) is 0. The van der Waals surface area contributed by atoms with Gasteiger partial charge in [0.25, 0.3) is 0 Å². The molecule has 0 spiro atoms. The monoisotopic (exact) mass is 219 g/mol. The van der Waals surface area contributed by atoms with Crippen molar-refractivity contribution in [1.29, 1.82) is 0 Å². The van der Waals surface area contributed by atoms with Gasteiger partial charge >= 0.3 is 0 Å². The Morgan fingerprint density at radius 2 is 2.13 bits per heavy atom. The van der Waals surface area contributed by atoms with Crippen molar-refractivity contribution in [2.45, 2.75) is 20.8 Å². The van der Waals surface area contributed by atoms with Crippen LogP contribution in [0.2, 0.25) is 0 Å². The van der Waals surface area contributed by atoms with Crippen LogP contribution in [0.25, 0.3) is 10.1 Å². The van der Waals surface area contributed by atoms with Gasteiger partial charge in [0, 0.05) is 27.9 Å². The van der Waals surface area contributed by atoms with Crippen molar-refractivity contribution >= 4 is 27.2 Å². The lowest BCUT2D eigenvalue weighted by Gasteiger charge is -2.14. The number of nitrogens with zero attached hydrogens (tertiary/aromatic N) is 1. The number of ketones is 1. The average Bonchev–Trinajstić information content (AvgIpc) is 2.58. The lowest BCUT2D eigenvalue weighted by molar-refractivity contribution is 0.0863. The molecule has 0 aromatic carbocycles. The van der Waals surface area contributed by atoms with Gasteiger partial charge in [0.1, 0.15) is 0 Å². The van der Waals surface area contributed by atoms with Crippen molar-refractivity contribution < 1.29 is 4.79 Å². The fourth-order valence-electron chi connectivity index (χ4n) is 1.37. The number of rotatable bonds is 1. The third-order valence-electron chi connectivity index (χ3n) is 2.22. The largest absolute Gasteiger partial charge is 0.293 e. The number of hydrogen-bond donors (Lipinski definition) is 0. The molecule has 78 valence electrons. The van der Waals surface area contributed by atoms with Crippen LogP contribution >= 0.6 is 11.3 Å². The molecule has 0 N–H and O–H groups in total. The minimum atomic E-state index is -0.311. The summed E-state index contributed by atoms with van der Waals surface area (Å²) < 4.78 is 1.12. The first kappa shape index (κ1) is 10.3. The number of Topliss-reactive ketones (excluding diaryl/α,β-unsaturated/α-hetero) is 1. The van der Waals surface area contributed by atoms with E-state index in [0.717, 1.165) is 15.0 Å². The predicted molar refractivity (Wildman–Crippen MR) is 63.4 cm³/mol. The quantitative estimate of drug-likeness (QED) is 0.687. The molecule has 2 nitrogen and oxygen atoms in total. The highest BCUT2D eigenvalue weighted by Gasteiger charge is 2.24. The highest BCUT2D eigenvalue weighted by Crippen LogP contribution is 2.30. The first-order valence-corrected chi connectivity index (χ1v) is 5.68. The SMILES string of the molecule is CC(C)(C)C(=O)c1cc2cnccc2s1. The maximum Gasteiger partial charge on any atom is 0.178 e. The summed E-state index contributed by atoms with van der Waals surface area (Å²) in [6.07, 6.45) is 3.55. The topological polar surface area (TPSA) is 30.0 Å². The number of fused-ring (bicyclic) bond motifs is 1. The summed E-state index contributed by atoms with van der Waals surface area (Å²) in [6, 6.07) is 3.88. The molecule has 0 bridgehead atoms. The maximum atomic E-state index is 12.0. The van der Waals surface area contributed by atoms with E-state index in [1.54, 1.807) is 23.7 Å². The van der Waals surface area contributed by atoms with Crippen molar-refractivity contribution in [2.24, 2.45) is 5.41 Å². The first-order chi connectivity index (χ1) is 6.98. The van der Waals surface area contributed by atoms with Crippen LogP contribution in [0, 0.1) is 5.41 Å². The molecule has 0 saturated carbocycles. The summed E-state index contributed by atoms with van der Waals surface area (Å²) in [5.41, 5.74) is -0.311. The summed E-state index contributed by atoms with van der Waals surface area (Å²) in [5.74, 6) is 0.198. The highest BCUT2D eigenvalue weighted by atomic mass is 32.1. The van der Waals surface area contributed by atoms with Crippen LogP contribution in [-0.2, 0) is 0 Å². The molecule has 15 heavy (non-hydrogen) atoms. The Kier molecular flexibility index (Phi) is 2.35. The first-order valence-electron chi connectivity index (χ1n) is 4.87. The number of carbonyl (C=O) groups is 1. The molecular formula is C12H13NOS. The van der Waals surface area contributed by atoms with Crippen molar-refractivity contribution in [1.82, 2.24) is 4.98 Å². The molecule has 0 fully saturated rings. The summed E-state index contributed by atoms with van der Waals surface area (Å²) >= 11 is 1.54. The summed E-state index contributed by atoms with van der Waals surface area (Å²) in [4.78, 5) is 16.9. The van der Waals surface area contributed by atoms with Crippen LogP contribution < -0.4 is 0 Å². The molecule has 2 aromatic heterocycles.